The number of hydrogen-bond acceptors (Lipinski definition) is 2. The van der Waals surface area contributed by atoms with Crippen molar-refractivity contribution in [3.8, 4) is 5.75 Å². The van der Waals surface area contributed by atoms with Crippen molar-refractivity contribution in [1.29, 1.82) is 0 Å². The third-order valence-corrected chi connectivity index (χ3v) is 7.09. The highest BCUT2D eigenvalue weighted by Gasteiger charge is 2.24. The highest BCUT2D eigenvalue weighted by Crippen LogP contribution is 2.25. The van der Waals surface area contributed by atoms with Crippen molar-refractivity contribution in [3.63, 3.8) is 0 Å². The van der Waals surface area contributed by atoms with Crippen LogP contribution in [0, 0.1) is 13.8 Å². The van der Waals surface area contributed by atoms with Crippen LogP contribution in [0.4, 0.5) is 0 Å². The molecule has 2 aromatic carbocycles. The van der Waals surface area contributed by atoms with Crippen LogP contribution in [-0.2, 0) is 0 Å². The Morgan fingerprint density at radius 3 is 2.10 bits per heavy atom. The molecular formula is C17H22OSSi. The van der Waals surface area contributed by atoms with E-state index in [0.29, 0.717) is 0 Å². The molecule has 1 nitrogen and oxygen atoms in total. The number of hydrogen-bond donors (Lipinski definition) is 1. The molecule has 0 aliphatic rings. The lowest BCUT2D eigenvalue weighted by molar-refractivity contribution is 0.378. The molecule has 0 N–H and O–H groups in total. The fourth-order valence-electron chi connectivity index (χ4n) is 2.24. The fourth-order valence-corrected chi connectivity index (χ4v) is 4.15. The summed E-state index contributed by atoms with van der Waals surface area (Å²) in [4.78, 5) is 1.05. The highest BCUT2D eigenvalue weighted by molar-refractivity contribution is 7.80. The quantitative estimate of drug-likeness (QED) is 0.660. The van der Waals surface area contributed by atoms with Gasteiger partial charge in [0.25, 0.3) is 0 Å². The van der Waals surface area contributed by atoms with Crippen molar-refractivity contribution in [2.75, 3.05) is 6.23 Å². The molecular weight excluding hydrogens is 280 g/mol. The zero-order valence-corrected chi connectivity index (χ0v) is 14.5. The molecule has 0 bridgehead atoms. The van der Waals surface area contributed by atoms with Gasteiger partial charge in [-0.3, -0.25) is 0 Å². The fraction of sp³-hybridized carbons (Fsp3) is 0.294. The Morgan fingerprint density at radius 2 is 1.55 bits per heavy atom. The Kier molecular flexibility index (Phi) is 4.61. The molecule has 0 saturated carbocycles. The zero-order valence-electron chi connectivity index (χ0n) is 12.6. The summed E-state index contributed by atoms with van der Waals surface area (Å²) in [5.41, 5.74) is 2.34. The van der Waals surface area contributed by atoms with E-state index >= 15 is 0 Å². The molecule has 0 amide bonds. The van der Waals surface area contributed by atoms with Crippen molar-refractivity contribution < 1.29 is 4.74 Å². The monoisotopic (exact) mass is 302 g/mol. The van der Waals surface area contributed by atoms with Crippen molar-refractivity contribution >= 4 is 25.9 Å². The van der Waals surface area contributed by atoms with Gasteiger partial charge in [0.15, 0.2) is 0 Å². The highest BCUT2D eigenvalue weighted by atomic mass is 32.1. The first-order valence-electron chi connectivity index (χ1n) is 6.89. The summed E-state index contributed by atoms with van der Waals surface area (Å²) in [6.07, 6.45) is 0.793. The summed E-state index contributed by atoms with van der Waals surface area (Å²) in [6, 6.07) is 14.8. The largest absolute Gasteiger partial charge is 0.497 e. The van der Waals surface area contributed by atoms with Crippen LogP contribution in [0.1, 0.15) is 11.1 Å². The van der Waals surface area contributed by atoms with Crippen LogP contribution in [-0.4, -0.2) is 14.3 Å². The van der Waals surface area contributed by atoms with E-state index in [9.17, 15) is 0 Å². The average Bonchev–Trinajstić information content (AvgIpc) is 2.43. The molecule has 0 spiro atoms. The van der Waals surface area contributed by atoms with E-state index in [1.54, 1.807) is 0 Å². The van der Waals surface area contributed by atoms with Gasteiger partial charge in [0.2, 0.25) is 0 Å². The lowest BCUT2D eigenvalue weighted by Gasteiger charge is -2.23. The van der Waals surface area contributed by atoms with Gasteiger partial charge in [-0.1, -0.05) is 48.6 Å². The van der Waals surface area contributed by atoms with Crippen LogP contribution in [0.5, 0.6) is 5.75 Å². The smallest absolute Gasteiger partial charge is 0.124 e. The van der Waals surface area contributed by atoms with Crippen LogP contribution >= 0.6 is 12.6 Å². The van der Waals surface area contributed by atoms with Crippen molar-refractivity contribution in [1.82, 2.24) is 0 Å². The average molecular weight is 303 g/mol. The van der Waals surface area contributed by atoms with Gasteiger partial charge in [-0.15, -0.1) is 12.6 Å². The molecule has 0 aromatic heterocycles. The first-order valence-corrected chi connectivity index (χ1v) is 10.5. The van der Waals surface area contributed by atoms with Gasteiger partial charge in [0.1, 0.15) is 13.8 Å². The number of ether oxygens (including phenoxy) is 1. The second-order valence-electron chi connectivity index (χ2n) is 5.94. The normalized spacial score (nSPS) is 11.4. The minimum Gasteiger partial charge on any atom is -0.497 e. The maximum absolute atomic E-state index is 6.07. The SMILES string of the molecule is Cc1cc(OC[Si](C)(C)c2ccccc2)cc(C)c1S. The molecule has 0 unspecified atom stereocenters. The van der Waals surface area contributed by atoms with Gasteiger partial charge < -0.3 is 4.74 Å². The molecule has 2 rings (SSSR count). The maximum atomic E-state index is 6.07. The van der Waals surface area contributed by atoms with Crippen LogP contribution in [0.25, 0.3) is 0 Å². The summed E-state index contributed by atoms with van der Waals surface area (Å²) in [5, 5.41) is 1.43. The summed E-state index contributed by atoms with van der Waals surface area (Å²) in [6.45, 7) is 8.83. The summed E-state index contributed by atoms with van der Waals surface area (Å²) in [5.74, 6) is 0.953. The first-order chi connectivity index (χ1) is 9.40. The van der Waals surface area contributed by atoms with Crippen LogP contribution < -0.4 is 9.92 Å². The molecule has 0 aliphatic heterocycles. The van der Waals surface area contributed by atoms with Crippen molar-refractivity contribution in [2.24, 2.45) is 0 Å². The molecule has 3 heteroatoms. The molecule has 106 valence electrons. The van der Waals surface area contributed by atoms with E-state index in [1.807, 2.05) is 0 Å². The van der Waals surface area contributed by atoms with E-state index in [4.69, 9.17) is 4.74 Å². The summed E-state index contributed by atoms with van der Waals surface area (Å²) >= 11 is 4.49. The molecule has 0 radical (unpaired) electrons. The minimum absolute atomic E-state index is 0.793. The van der Waals surface area contributed by atoms with Gasteiger partial charge >= 0.3 is 0 Å². The van der Waals surface area contributed by atoms with Gasteiger partial charge in [0.05, 0.1) is 6.23 Å². The molecule has 20 heavy (non-hydrogen) atoms. The second-order valence-corrected chi connectivity index (χ2v) is 11.0. The van der Waals surface area contributed by atoms with Crippen molar-refractivity contribution in [2.45, 2.75) is 31.8 Å². The Balaban J connectivity index is 2.12. The van der Waals surface area contributed by atoms with E-state index < -0.39 is 8.07 Å². The first kappa shape index (κ1) is 15.2. The third-order valence-electron chi connectivity index (χ3n) is 3.62. The molecule has 0 heterocycles. The minimum atomic E-state index is -1.55. The van der Waals surface area contributed by atoms with Crippen LogP contribution in [0.2, 0.25) is 13.1 Å². The van der Waals surface area contributed by atoms with Gasteiger partial charge in [-0.2, -0.15) is 0 Å². The second kappa shape index (κ2) is 6.06. The Labute approximate surface area is 128 Å². The number of aryl methyl sites for hydroxylation is 2. The third kappa shape index (κ3) is 3.47. The zero-order chi connectivity index (χ0) is 14.8. The van der Waals surface area contributed by atoms with E-state index in [2.05, 4.69) is 82.0 Å². The maximum Gasteiger partial charge on any atom is 0.124 e. The number of rotatable bonds is 4. The molecule has 2 aromatic rings. The van der Waals surface area contributed by atoms with E-state index in [-0.39, 0.29) is 0 Å². The molecule has 0 aliphatic carbocycles. The molecule has 0 saturated heterocycles. The standard InChI is InChI=1S/C17H22OSSi/c1-13-10-15(11-14(2)17(13)19)18-12-20(3,4)16-8-6-5-7-9-16/h5-11,19H,12H2,1-4H3. The lowest BCUT2D eigenvalue weighted by atomic mass is 10.1. The van der Waals surface area contributed by atoms with Crippen LogP contribution in [0.15, 0.2) is 47.4 Å². The Bertz CT molecular complexity index is 570. The van der Waals surface area contributed by atoms with E-state index in [0.717, 1.165) is 16.9 Å². The summed E-state index contributed by atoms with van der Waals surface area (Å²) < 4.78 is 6.07. The summed E-state index contributed by atoms with van der Waals surface area (Å²) in [7, 11) is -1.55. The molecule has 0 atom stereocenters. The van der Waals surface area contributed by atoms with Gasteiger partial charge in [-0.25, -0.2) is 0 Å². The lowest BCUT2D eigenvalue weighted by Crippen LogP contribution is -2.47. The van der Waals surface area contributed by atoms with Gasteiger partial charge in [-0.05, 0) is 37.1 Å². The predicted octanol–water partition coefficient (Wildman–Crippen LogP) is 4.13. The number of thiol groups is 1. The molecule has 0 fully saturated rings. The Hall–Kier alpha value is -1.19. The number of benzene rings is 2. The van der Waals surface area contributed by atoms with Gasteiger partial charge in [0, 0.05) is 4.90 Å². The van der Waals surface area contributed by atoms with E-state index in [1.165, 1.54) is 16.3 Å². The van der Waals surface area contributed by atoms with Crippen molar-refractivity contribution in [3.05, 3.63) is 53.6 Å². The predicted molar refractivity (Wildman–Crippen MR) is 92.2 cm³/mol. The topological polar surface area (TPSA) is 9.23 Å². The Morgan fingerprint density at radius 1 is 1.00 bits per heavy atom. The van der Waals surface area contributed by atoms with Crippen LogP contribution in [0.3, 0.4) is 0 Å².